The summed E-state index contributed by atoms with van der Waals surface area (Å²) >= 11 is 0. The Morgan fingerprint density at radius 3 is 2.92 bits per heavy atom. The summed E-state index contributed by atoms with van der Waals surface area (Å²) < 4.78 is 0. The monoisotopic (exact) mass is 172 g/mol. The number of hydrogen-bond donors (Lipinski definition) is 1. The van der Waals surface area contributed by atoms with Crippen LogP contribution in [0.5, 0.6) is 0 Å². The van der Waals surface area contributed by atoms with E-state index in [4.69, 9.17) is 5.11 Å². The topological polar surface area (TPSA) is 60.4 Å². The third kappa shape index (κ3) is 2.19. The molecule has 0 amide bonds. The summed E-state index contributed by atoms with van der Waals surface area (Å²) in [7, 11) is 0. The molecule has 1 N–H and O–H groups in total. The van der Waals surface area contributed by atoms with E-state index in [9.17, 15) is 9.90 Å². The molecule has 0 saturated carbocycles. The van der Waals surface area contributed by atoms with Gasteiger partial charge in [-0.2, -0.15) is 0 Å². The molecule has 1 aliphatic heterocycles. The molecule has 4 nitrogen and oxygen atoms in total. The lowest BCUT2D eigenvalue weighted by molar-refractivity contribution is -0.142. The second-order valence-corrected chi connectivity index (χ2v) is 3.09. The van der Waals surface area contributed by atoms with Crippen LogP contribution in [0.15, 0.2) is 0 Å². The number of rotatable bonds is 4. The Bertz CT molecular complexity index is 160. The molecule has 69 valence electrons. The van der Waals surface area contributed by atoms with Crippen LogP contribution in [0.4, 0.5) is 0 Å². The molecule has 0 aromatic rings. The van der Waals surface area contributed by atoms with Crippen LogP contribution in [-0.4, -0.2) is 41.7 Å². The fraction of sp³-hybridized carbons (Fsp3) is 0.875. The highest BCUT2D eigenvalue weighted by molar-refractivity contribution is 5.73. The molecule has 1 rings (SSSR count). The van der Waals surface area contributed by atoms with Crippen molar-refractivity contribution in [3.05, 3.63) is 0 Å². The standard InChI is InChI=1S/C8H14NO3/c10-6-2-5-9-4-1-3-7(9)8(11)12/h7H,1-6H2,(H,11,12). The van der Waals surface area contributed by atoms with Crippen LogP contribution in [-0.2, 0) is 9.90 Å². The van der Waals surface area contributed by atoms with Gasteiger partial charge in [0.1, 0.15) is 6.04 Å². The molecule has 0 aromatic heterocycles. The minimum Gasteiger partial charge on any atom is -0.480 e. The van der Waals surface area contributed by atoms with Crippen LogP contribution in [0.2, 0.25) is 0 Å². The molecule has 1 radical (unpaired) electrons. The van der Waals surface area contributed by atoms with Gasteiger partial charge in [0.05, 0.1) is 6.61 Å². The number of hydrogen-bond acceptors (Lipinski definition) is 2. The first kappa shape index (κ1) is 9.48. The zero-order valence-corrected chi connectivity index (χ0v) is 7.03. The highest BCUT2D eigenvalue weighted by Crippen LogP contribution is 2.16. The van der Waals surface area contributed by atoms with Crippen LogP contribution < -0.4 is 0 Å². The summed E-state index contributed by atoms with van der Waals surface area (Å²) in [5, 5.41) is 19.0. The number of carboxylic acid groups (broad SMARTS) is 1. The second kappa shape index (κ2) is 4.42. The van der Waals surface area contributed by atoms with Gasteiger partial charge in [0.2, 0.25) is 0 Å². The molecular formula is C8H14NO3. The molecule has 4 heteroatoms. The predicted molar refractivity (Wildman–Crippen MR) is 42.4 cm³/mol. The Morgan fingerprint density at radius 1 is 1.58 bits per heavy atom. The molecule has 0 bridgehead atoms. The summed E-state index contributed by atoms with van der Waals surface area (Å²) in [5.74, 6) is -0.751. The Kier molecular flexibility index (Phi) is 3.49. The van der Waals surface area contributed by atoms with E-state index < -0.39 is 5.97 Å². The van der Waals surface area contributed by atoms with Crippen molar-refractivity contribution in [2.24, 2.45) is 0 Å². The van der Waals surface area contributed by atoms with Crippen molar-refractivity contribution in [1.82, 2.24) is 4.90 Å². The molecule has 0 aromatic carbocycles. The van der Waals surface area contributed by atoms with Crippen molar-refractivity contribution in [2.75, 3.05) is 19.7 Å². The van der Waals surface area contributed by atoms with Crippen molar-refractivity contribution in [3.63, 3.8) is 0 Å². The Hall–Kier alpha value is -0.610. The van der Waals surface area contributed by atoms with E-state index in [0.717, 1.165) is 19.4 Å². The number of aliphatic carboxylic acids is 1. The van der Waals surface area contributed by atoms with Crippen LogP contribution >= 0.6 is 0 Å². The van der Waals surface area contributed by atoms with E-state index in [1.807, 2.05) is 4.90 Å². The maximum Gasteiger partial charge on any atom is 0.320 e. The molecule has 1 fully saturated rings. The third-order valence-corrected chi connectivity index (χ3v) is 2.24. The Morgan fingerprint density at radius 2 is 2.33 bits per heavy atom. The highest BCUT2D eigenvalue weighted by atomic mass is 16.4. The van der Waals surface area contributed by atoms with E-state index in [-0.39, 0.29) is 12.6 Å². The first-order chi connectivity index (χ1) is 5.75. The van der Waals surface area contributed by atoms with Gasteiger partial charge in [-0.25, -0.2) is 5.11 Å². The van der Waals surface area contributed by atoms with Crippen molar-refractivity contribution in [1.29, 1.82) is 0 Å². The summed E-state index contributed by atoms with van der Waals surface area (Å²) in [6.07, 6.45) is 2.23. The average Bonchev–Trinajstić information content (AvgIpc) is 2.48. The van der Waals surface area contributed by atoms with Crippen molar-refractivity contribution >= 4 is 5.97 Å². The third-order valence-electron chi connectivity index (χ3n) is 2.24. The summed E-state index contributed by atoms with van der Waals surface area (Å²) in [6, 6.07) is -0.337. The molecule has 0 spiro atoms. The lowest BCUT2D eigenvalue weighted by Crippen LogP contribution is -2.36. The van der Waals surface area contributed by atoms with Gasteiger partial charge in [-0.05, 0) is 25.8 Å². The van der Waals surface area contributed by atoms with Gasteiger partial charge in [-0.1, -0.05) is 0 Å². The van der Waals surface area contributed by atoms with Crippen LogP contribution in [0, 0.1) is 0 Å². The van der Waals surface area contributed by atoms with Crippen molar-refractivity contribution < 1.29 is 15.0 Å². The number of nitrogens with zero attached hydrogens (tertiary/aromatic N) is 1. The Labute approximate surface area is 71.8 Å². The minimum atomic E-state index is -0.751. The van der Waals surface area contributed by atoms with Crippen LogP contribution in [0.25, 0.3) is 0 Å². The van der Waals surface area contributed by atoms with Crippen LogP contribution in [0.1, 0.15) is 19.3 Å². The molecule has 1 heterocycles. The number of carbonyl (C=O) groups is 1. The quantitative estimate of drug-likeness (QED) is 0.665. The largest absolute Gasteiger partial charge is 0.480 e. The molecule has 1 atom stereocenters. The average molecular weight is 172 g/mol. The van der Waals surface area contributed by atoms with Gasteiger partial charge >= 0.3 is 5.97 Å². The van der Waals surface area contributed by atoms with Gasteiger partial charge in [0.25, 0.3) is 0 Å². The first-order valence-corrected chi connectivity index (χ1v) is 4.30. The Balaban J connectivity index is 2.35. The summed E-state index contributed by atoms with van der Waals surface area (Å²) in [5.41, 5.74) is 0. The van der Waals surface area contributed by atoms with Crippen molar-refractivity contribution in [2.45, 2.75) is 25.3 Å². The zero-order chi connectivity index (χ0) is 8.97. The molecule has 12 heavy (non-hydrogen) atoms. The van der Waals surface area contributed by atoms with E-state index >= 15 is 0 Å². The van der Waals surface area contributed by atoms with E-state index in [0.29, 0.717) is 13.0 Å². The maximum absolute atomic E-state index is 10.7. The molecular weight excluding hydrogens is 158 g/mol. The maximum atomic E-state index is 10.7. The van der Waals surface area contributed by atoms with Gasteiger partial charge in [-0.3, -0.25) is 9.69 Å². The van der Waals surface area contributed by atoms with E-state index in [2.05, 4.69) is 0 Å². The smallest absolute Gasteiger partial charge is 0.320 e. The minimum absolute atomic E-state index is 0.108. The highest BCUT2D eigenvalue weighted by Gasteiger charge is 2.29. The summed E-state index contributed by atoms with van der Waals surface area (Å²) in [4.78, 5) is 12.5. The summed E-state index contributed by atoms with van der Waals surface area (Å²) in [6.45, 7) is 1.36. The molecule has 1 unspecified atom stereocenters. The predicted octanol–water partition coefficient (Wildman–Crippen LogP) is 0.356. The lowest BCUT2D eigenvalue weighted by atomic mass is 10.2. The van der Waals surface area contributed by atoms with E-state index in [1.54, 1.807) is 0 Å². The van der Waals surface area contributed by atoms with E-state index in [1.165, 1.54) is 0 Å². The fourth-order valence-electron chi connectivity index (χ4n) is 1.64. The molecule has 1 aliphatic rings. The normalized spacial score (nSPS) is 24.6. The van der Waals surface area contributed by atoms with Gasteiger partial charge in [0, 0.05) is 6.54 Å². The second-order valence-electron chi connectivity index (χ2n) is 3.09. The number of likely N-dealkylation sites (tertiary alicyclic amines) is 1. The lowest BCUT2D eigenvalue weighted by Gasteiger charge is -2.19. The van der Waals surface area contributed by atoms with Gasteiger partial charge < -0.3 is 5.11 Å². The fourth-order valence-corrected chi connectivity index (χ4v) is 1.64. The van der Waals surface area contributed by atoms with Crippen LogP contribution in [0.3, 0.4) is 0 Å². The molecule has 1 saturated heterocycles. The van der Waals surface area contributed by atoms with Gasteiger partial charge in [-0.15, -0.1) is 0 Å². The first-order valence-electron chi connectivity index (χ1n) is 4.30. The number of carboxylic acids is 1. The van der Waals surface area contributed by atoms with Crippen molar-refractivity contribution in [3.8, 4) is 0 Å². The van der Waals surface area contributed by atoms with Gasteiger partial charge in [0.15, 0.2) is 0 Å². The zero-order valence-electron chi connectivity index (χ0n) is 7.03. The molecule has 0 aliphatic carbocycles. The SMILES string of the molecule is [O]CCCN1CCCC1C(=O)O.